The molecule has 0 aromatic carbocycles. The molecule has 0 aromatic heterocycles. The number of methoxy groups -OCH3 is 1. The number of aliphatic hydroxyl groups excluding tert-OH is 1. The maximum absolute atomic E-state index is 12.3. The van der Waals surface area contributed by atoms with E-state index in [1.54, 1.807) is 0 Å². The summed E-state index contributed by atoms with van der Waals surface area (Å²) in [5.74, 6) is -6.95. The Kier molecular flexibility index (Phi) is 11.1. The SMILES string of the molecule is C=CCCC(=O)OC[C@@H](O)[C@@H](OC(C)=O)[C@@H]1O[C@](O)(C(=O)OC)C[C@H](OC(C)=O)[C@H]1NC(C)=O. The number of nitrogens with one attached hydrogen (secondary N) is 1. The van der Waals surface area contributed by atoms with E-state index in [0.29, 0.717) is 6.42 Å². The molecule has 0 aliphatic carbocycles. The van der Waals surface area contributed by atoms with Crippen LogP contribution in [0.3, 0.4) is 0 Å². The molecular formula is C21H31NO12. The average molecular weight is 489 g/mol. The number of rotatable bonds is 11. The van der Waals surface area contributed by atoms with Crippen LogP contribution in [0.5, 0.6) is 0 Å². The zero-order valence-corrected chi connectivity index (χ0v) is 19.5. The Labute approximate surface area is 196 Å². The van der Waals surface area contributed by atoms with Gasteiger partial charge in [0, 0.05) is 27.2 Å². The Balaban J connectivity index is 3.38. The van der Waals surface area contributed by atoms with Gasteiger partial charge >= 0.3 is 23.9 Å². The van der Waals surface area contributed by atoms with Gasteiger partial charge in [0.2, 0.25) is 5.91 Å². The van der Waals surface area contributed by atoms with Crippen molar-refractivity contribution in [1.82, 2.24) is 5.32 Å². The van der Waals surface area contributed by atoms with Crippen molar-refractivity contribution in [2.45, 2.75) is 76.3 Å². The number of ether oxygens (including phenoxy) is 5. The summed E-state index contributed by atoms with van der Waals surface area (Å²) in [6.45, 7) is 6.04. The van der Waals surface area contributed by atoms with E-state index in [4.69, 9.17) is 18.9 Å². The summed E-state index contributed by atoms with van der Waals surface area (Å²) in [5.41, 5.74) is 0. The number of hydrogen-bond acceptors (Lipinski definition) is 12. The third-order valence-corrected chi connectivity index (χ3v) is 4.73. The number of carbonyl (C=O) groups excluding carboxylic acids is 5. The summed E-state index contributed by atoms with van der Waals surface area (Å²) in [7, 11) is 0.973. The lowest BCUT2D eigenvalue weighted by Gasteiger charge is -2.46. The second kappa shape index (κ2) is 13.0. The average Bonchev–Trinajstić information content (AvgIpc) is 2.74. The van der Waals surface area contributed by atoms with Crippen molar-refractivity contribution in [1.29, 1.82) is 0 Å². The molecule has 0 radical (unpaired) electrons. The first-order chi connectivity index (χ1) is 15.8. The topological polar surface area (TPSA) is 184 Å². The predicted octanol–water partition coefficient (Wildman–Crippen LogP) is -1.12. The first-order valence-electron chi connectivity index (χ1n) is 10.4. The first kappa shape index (κ1) is 29.0. The van der Waals surface area contributed by atoms with E-state index in [1.165, 1.54) is 6.08 Å². The second-order valence-corrected chi connectivity index (χ2v) is 7.59. The van der Waals surface area contributed by atoms with Crippen molar-refractivity contribution in [3.05, 3.63) is 12.7 Å². The lowest BCUT2D eigenvalue weighted by atomic mass is 9.88. The Morgan fingerprint density at radius 1 is 1.21 bits per heavy atom. The van der Waals surface area contributed by atoms with Crippen LogP contribution in [0.15, 0.2) is 12.7 Å². The van der Waals surface area contributed by atoms with Crippen LogP contribution in [0.1, 0.15) is 40.0 Å². The van der Waals surface area contributed by atoms with Crippen molar-refractivity contribution in [2.75, 3.05) is 13.7 Å². The molecule has 1 heterocycles. The molecule has 0 saturated carbocycles. The highest BCUT2D eigenvalue weighted by molar-refractivity contribution is 5.78. The number of hydrogen-bond donors (Lipinski definition) is 3. The molecule has 13 heteroatoms. The highest BCUT2D eigenvalue weighted by Gasteiger charge is 2.57. The molecule has 13 nitrogen and oxygen atoms in total. The Hall–Kier alpha value is -3.03. The summed E-state index contributed by atoms with van der Waals surface area (Å²) < 4.78 is 25.4. The highest BCUT2D eigenvalue weighted by Crippen LogP contribution is 2.34. The number of allylic oxidation sites excluding steroid dienone is 1. The molecule has 3 N–H and O–H groups in total. The molecule has 1 aliphatic heterocycles. The molecule has 1 fully saturated rings. The summed E-state index contributed by atoms with van der Waals surface area (Å²) in [6, 6.07) is -1.29. The van der Waals surface area contributed by atoms with E-state index in [1.807, 2.05) is 0 Å². The van der Waals surface area contributed by atoms with Crippen LogP contribution >= 0.6 is 0 Å². The van der Waals surface area contributed by atoms with Gasteiger partial charge in [-0.2, -0.15) is 0 Å². The van der Waals surface area contributed by atoms with Crippen molar-refractivity contribution in [3.8, 4) is 0 Å². The van der Waals surface area contributed by atoms with Crippen LogP contribution in [-0.2, 0) is 47.7 Å². The van der Waals surface area contributed by atoms with Crippen LogP contribution in [0.4, 0.5) is 0 Å². The Bertz CT molecular complexity index is 784. The van der Waals surface area contributed by atoms with Gasteiger partial charge in [-0.3, -0.25) is 19.2 Å². The van der Waals surface area contributed by atoms with Crippen LogP contribution in [-0.4, -0.2) is 90.0 Å². The van der Waals surface area contributed by atoms with Gasteiger partial charge in [0.1, 0.15) is 24.9 Å². The smallest absolute Gasteiger partial charge is 0.366 e. The van der Waals surface area contributed by atoms with Crippen LogP contribution in [0, 0.1) is 0 Å². The molecule has 192 valence electrons. The van der Waals surface area contributed by atoms with Crippen molar-refractivity contribution in [2.24, 2.45) is 0 Å². The van der Waals surface area contributed by atoms with E-state index in [9.17, 15) is 34.2 Å². The maximum atomic E-state index is 12.3. The van der Waals surface area contributed by atoms with Crippen LogP contribution in [0.25, 0.3) is 0 Å². The zero-order chi connectivity index (χ0) is 26.1. The molecular weight excluding hydrogens is 458 g/mol. The molecule has 0 spiro atoms. The Morgan fingerprint density at radius 2 is 1.85 bits per heavy atom. The third kappa shape index (κ3) is 8.39. The normalized spacial score (nSPS) is 25.8. The van der Waals surface area contributed by atoms with Gasteiger partial charge in [0.25, 0.3) is 5.79 Å². The van der Waals surface area contributed by atoms with Gasteiger partial charge in [-0.05, 0) is 6.42 Å². The molecule has 6 atom stereocenters. The molecule has 34 heavy (non-hydrogen) atoms. The van der Waals surface area contributed by atoms with Crippen molar-refractivity contribution >= 4 is 29.8 Å². The third-order valence-electron chi connectivity index (χ3n) is 4.73. The van der Waals surface area contributed by atoms with Gasteiger partial charge < -0.3 is 39.2 Å². The van der Waals surface area contributed by atoms with Gasteiger partial charge in [0.15, 0.2) is 6.10 Å². The lowest BCUT2D eigenvalue weighted by Crippen LogP contribution is -2.68. The van der Waals surface area contributed by atoms with Gasteiger partial charge in [-0.1, -0.05) is 6.08 Å². The largest absolute Gasteiger partial charge is 0.465 e. The minimum absolute atomic E-state index is 0.0144. The minimum Gasteiger partial charge on any atom is -0.465 e. The van der Waals surface area contributed by atoms with Gasteiger partial charge in [-0.15, -0.1) is 6.58 Å². The number of carbonyl (C=O) groups is 5. The fraction of sp³-hybridized carbons (Fsp3) is 0.667. The molecule has 0 aromatic rings. The highest BCUT2D eigenvalue weighted by atomic mass is 16.7. The van der Waals surface area contributed by atoms with E-state index < -0.39 is 79.1 Å². The second-order valence-electron chi connectivity index (χ2n) is 7.59. The maximum Gasteiger partial charge on any atom is 0.366 e. The summed E-state index contributed by atoms with van der Waals surface area (Å²) in [5, 5.41) is 24.0. The Morgan fingerprint density at radius 3 is 2.35 bits per heavy atom. The van der Waals surface area contributed by atoms with Crippen molar-refractivity contribution < 1.29 is 57.9 Å². The van der Waals surface area contributed by atoms with Crippen LogP contribution in [0.2, 0.25) is 0 Å². The molecule has 0 bridgehead atoms. The lowest BCUT2D eigenvalue weighted by molar-refractivity contribution is -0.298. The van der Waals surface area contributed by atoms with E-state index in [2.05, 4.69) is 16.6 Å². The first-order valence-corrected chi connectivity index (χ1v) is 10.4. The molecule has 1 saturated heterocycles. The number of esters is 4. The van der Waals surface area contributed by atoms with Crippen molar-refractivity contribution in [3.63, 3.8) is 0 Å². The van der Waals surface area contributed by atoms with E-state index in [0.717, 1.165) is 27.9 Å². The van der Waals surface area contributed by atoms with E-state index in [-0.39, 0.29) is 6.42 Å². The molecule has 0 unspecified atom stereocenters. The quantitative estimate of drug-likeness (QED) is 0.181. The summed E-state index contributed by atoms with van der Waals surface area (Å²) in [4.78, 5) is 59.4. The van der Waals surface area contributed by atoms with Gasteiger partial charge in [-0.25, -0.2) is 4.79 Å². The minimum atomic E-state index is -2.69. The van der Waals surface area contributed by atoms with Crippen LogP contribution < -0.4 is 5.32 Å². The number of aliphatic hydroxyl groups is 2. The predicted molar refractivity (Wildman–Crippen MR) is 112 cm³/mol. The standard InChI is InChI=1S/C21H31NO12/c1-6-7-8-16(27)31-10-14(26)18(33-13(4)25)19-17(22-11(2)23)15(32-12(3)24)9-21(29,34-19)20(28)30-5/h6,14-15,17-19,26,29H,1,7-10H2,2-5H3,(H,22,23)/t14-,15+,17-,18-,19-,21+/m1/s1. The summed E-state index contributed by atoms with van der Waals surface area (Å²) in [6.07, 6.45) is -5.24. The fourth-order valence-electron chi connectivity index (χ4n) is 3.38. The molecule has 1 rings (SSSR count). The van der Waals surface area contributed by atoms with Gasteiger partial charge in [0.05, 0.1) is 19.6 Å². The molecule has 1 amide bonds. The molecule has 1 aliphatic rings. The monoisotopic (exact) mass is 489 g/mol. The summed E-state index contributed by atoms with van der Waals surface area (Å²) >= 11 is 0. The fourth-order valence-corrected chi connectivity index (χ4v) is 3.38. The zero-order valence-electron chi connectivity index (χ0n) is 19.5. The number of amides is 1. The van der Waals surface area contributed by atoms with E-state index >= 15 is 0 Å².